The molecule has 0 radical (unpaired) electrons. The molecular formula is C17H12N4O2S. The number of fused-ring (bicyclic) bond motifs is 2. The molecule has 0 atom stereocenters. The molecule has 0 spiro atoms. The lowest BCUT2D eigenvalue weighted by Crippen LogP contribution is -2.37. The van der Waals surface area contributed by atoms with Crippen LogP contribution in [0, 0.1) is 11.3 Å². The Morgan fingerprint density at radius 2 is 2.21 bits per heavy atom. The molecule has 1 aromatic carbocycles. The zero-order valence-corrected chi connectivity index (χ0v) is 13.4. The molecule has 0 unspecified atom stereocenters. The van der Waals surface area contributed by atoms with E-state index in [9.17, 15) is 9.59 Å². The van der Waals surface area contributed by atoms with Gasteiger partial charge in [-0.15, -0.1) is 11.3 Å². The minimum absolute atomic E-state index is 0.0723. The highest BCUT2D eigenvalue weighted by molar-refractivity contribution is 7.20. The van der Waals surface area contributed by atoms with Crippen molar-refractivity contribution in [3.8, 4) is 6.07 Å². The summed E-state index contributed by atoms with van der Waals surface area (Å²) in [6.45, 7) is 0.888. The Morgan fingerprint density at radius 3 is 3.00 bits per heavy atom. The lowest BCUT2D eigenvalue weighted by atomic mass is 10.0. The highest BCUT2D eigenvalue weighted by atomic mass is 32.1. The Balaban J connectivity index is 1.65. The van der Waals surface area contributed by atoms with Crippen molar-refractivity contribution in [2.24, 2.45) is 0 Å². The molecular weight excluding hydrogens is 324 g/mol. The van der Waals surface area contributed by atoms with E-state index in [0.29, 0.717) is 24.5 Å². The van der Waals surface area contributed by atoms with E-state index in [1.807, 2.05) is 30.3 Å². The minimum atomic E-state index is -0.373. The van der Waals surface area contributed by atoms with E-state index in [4.69, 9.17) is 5.26 Å². The van der Waals surface area contributed by atoms with E-state index in [1.54, 1.807) is 11.0 Å². The van der Waals surface area contributed by atoms with Crippen LogP contribution in [0.5, 0.6) is 0 Å². The maximum atomic E-state index is 12.7. The third-order valence-electron chi connectivity index (χ3n) is 4.09. The Hall–Kier alpha value is -2.98. The second-order valence-electron chi connectivity index (χ2n) is 5.59. The van der Waals surface area contributed by atoms with Gasteiger partial charge >= 0.3 is 0 Å². The number of pyridine rings is 1. The normalized spacial score (nSPS) is 13.5. The highest BCUT2D eigenvalue weighted by Crippen LogP contribution is 2.25. The smallest absolute Gasteiger partial charge is 0.283 e. The number of aromatic amines is 1. The van der Waals surface area contributed by atoms with Crippen LogP contribution in [0.2, 0.25) is 0 Å². The van der Waals surface area contributed by atoms with Crippen molar-refractivity contribution in [1.29, 1.82) is 5.26 Å². The van der Waals surface area contributed by atoms with Crippen molar-refractivity contribution in [1.82, 2.24) is 14.9 Å². The Bertz CT molecular complexity index is 1030. The summed E-state index contributed by atoms with van der Waals surface area (Å²) < 4.78 is 0.981. The molecule has 7 heteroatoms. The van der Waals surface area contributed by atoms with Crippen LogP contribution < -0.4 is 5.56 Å². The number of rotatable bonds is 1. The van der Waals surface area contributed by atoms with E-state index in [0.717, 1.165) is 21.5 Å². The first-order chi connectivity index (χ1) is 11.7. The predicted molar refractivity (Wildman–Crippen MR) is 89.8 cm³/mol. The number of para-hydroxylation sites is 1. The Labute approximate surface area is 141 Å². The average Bonchev–Trinajstić information content (AvgIpc) is 3.04. The summed E-state index contributed by atoms with van der Waals surface area (Å²) in [5.41, 5.74) is 2.13. The predicted octanol–water partition coefficient (Wildman–Crippen LogP) is 2.05. The van der Waals surface area contributed by atoms with E-state index in [-0.39, 0.29) is 17.0 Å². The zero-order chi connectivity index (χ0) is 16.7. The molecule has 4 rings (SSSR count). The summed E-state index contributed by atoms with van der Waals surface area (Å²) in [6, 6.07) is 11.1. The van der Waals surface area contributed by atoms with Crippen molar-refractivity contribution < 1.29 is 4.79 Å². The van der Waals surface area contributed by atoms with Crippen molar-refractivity contribution in [3.05, 3.63) is 62.5 Å². The quantitative estimate of drug-likeness (QED) is 0.736. The molecule has 2 aromatic heterocycles. The van der Waals surface area contributed by atoms with Crippen LogP contribution in [-0.4, -0.2) is 27.3 Å². The number of nitrogens with zero attached hydrogens (tertiary/aromatic N) is 3. The van der Waals surface area contributed by atoms with Gasteiger partial charge in [0.2, 0.25) is 0 Å². The van der Waals surface area contributed by atoms with Gasteiger partial charge in [0.1, 0.15) is 11.6 Å². The van der Waals surface area contributed by atoms with E-state index in [1.165, 1.54) is 11.3 Å². The van der Waals surface area contributed by atoms with Crippen LogP contribution in [0.1, 0.15) is 26.6 Å². The van der Waals surface area contributed by atoms with Crippen molar-refractivity contribution in [3.63, 3.8) is 0 Å². The molecule has 0 bridgehead atoms. The summed E-state index contributed by atoms with van der Waals surface area (Å²) in [7, 11) is 0. The summed E-state index contributed by atoms with van der Waals surface area (Å²) in [6.07, 6.45) is 0.562. The number of H-pyrrole nitrogens is 1. The number of nitriles is 1. The molecule has 0 fully saturated rings. The van der Waals surface area contributed by atoms with Crippen molar-refractivity contribution in [2.45, 2.75) is 13.0 Å². The molecule has 24 heavy (non-hydrogen) atoms. The van der Waals surface area contributed by atoms with Gasteiger partial charge in [-0.25, -0.2) is 4.98 Å². The van der Waals surface area contributed by atoms with Gasteiger partial charge in [-0.2, -0.15) is 5.26 Å². The fourth-order valence-corrected chi connectivity index (χ4v) is 3.80. The summed E-state index contributed by atoms with van der Waals surface area (Å²) >= 11 is 1.38. The summed E-state index contributed by atoms with van der Waals surface area (Å²) in [4.78, 5) is 33.3. The molecule has 118 valence electrons. The molecule has 6 nitrogen and oxygen atoms in total. The molecule has 0 aliphatic carbocycles. The number of carbonyl (C=O) groups is 1. The molecule has 0 saturated carbocycles. The fraction of sp³-hybridized carbons (Fsp3) is 0.176. The highest BCUT2D eigenvalue weighted by Gasteiger charge is 2.25. The van der Waals surface area contributed by atoms with E-state index in [2.05, 4.69) is 9.97 Å². The maximum Gasteiger partial charge on any atom is 0.283 e. The van der Waals surface area contributed by atoms with E-state index < -0.39 is 0 Å². The molecule has 1 N–H and O–H groups in total. The molecule has 1 aliphatic heterocycles. The number of hydrogen-bond acceptors (Lipinski definition) is 5. The number of carbonyl (C=O) groups excluding carboxylic acids is 1. The number of benzene rings is 1. The zero-order valence-electron chi connectivity index (χ0n) is 12.6. The van der Waals surface area contributed by atoms with Crippen LogP contribution >= 0.6 is 11.3 Å². The number of hydrogen-bond donors (Lipinski definition) is 1. The van der Waals surface area contributed by atoms with Gasteiger partial charge in [0.05, 0.1) is 10.2 Å². The third kappa shape index (κ3) is 2.37. The number of nitrogens with one attached hydrogen (secondary N) is 1. The second kappa shape index (κ2) is 5.58. The third-order valence-corrected chi connectivity index (χ3v) is 5.12. The SMILES string of the molecule is N#Cc1cc2c([nH]c1=O)CCN(C(=O)c1nc3ccccc3s1)C2. The molecule has 1 amide bonds. The number of thiazole rings is 1. The lowest BCUT2D eigenvalue weighted by Gasteiger charge is -2.27. The van der Waals surface area contributed by atoms with Gasteiger partial charge in [0.25, 0.3) is 11.5 Å². The van der Waals surface area contributed by atoms with Gasteiger partial charge < -0.3 is 9.88 Å². The van der Waals surface area contributed by atoms with Crippen molar-refractivity contribution >= 4 is 27.5 Å². The molecule has 3 aromatic rings. The first kappa shape index (κ1) is 14.6. The van der Waals surface area contributed by atoms with Gasteiger partial charge in [0.15, 0.2) is 5.01 Å². The van der Waals surface area contributed by atoms with Crippen molar-refractivity contribution in [2.75, 3.05) is 6.54 Å². The average molecular weight is 336 g/mol. The molecule has 3 heterocycles. The van der Waals surface area contributed by atoms with Gasteiger partial charge in [0, 0.05) is 25.2 Å². The first-order valence-corrected chi connectivity index (χ1v) is 8.27. The van der Waals surface area contributed by atoms with Crippen LogP contribution in [0.4, 0.5) is 0 Å². The second-order valence-corrected chi connectivity index (χ2v) is 6.62. The van der Waals surface area contributed by atoms with Crippen LogP contribution in [0.3, 0.4) is 0 Å². The topological polar surface area (TPSA) is 89.9 Å². The number of amides is 1. The maximum absolute atomic E-state index is 12.7. The molecule has 0 saturated heterocycles. The first-order valence-electron chi connectivity index (χ1n) is 7.46. The molecule has 1 aliphatic rings. The van der Waals surface area contributed by atoms with Gasteiger partial charge in [-0.3, -0.25) is 9.59 Å². The van der Waals surface area contributed by atoms with E-state index >= 15 is 0 Å². The Kier molecular flexibility index (Phi) is 3.40. The monoisotopic (exact) mass is 336 g/mol. The van der Waals surface area contributed by atoms with Gasteiger partial charge in [-0.1, -0.05) is 12.1 Å². The fourth-order valence-electron chi connectivity index (χ4n) is 2.86. The summed E-state index contributed by atoms with van der Waals surface area (Å²) in [5.74, 6) is -0.119. The standard InChI is InChI=1S/C17H12N4O2S/c18-8-10-7-11-9-21(6-5-12(11)19-15(10)22)17(23)16-20-13-3-1-2-4-14(13)24-16/h1-4,7H,5-6,9H2,(H,19,22). The largest absolute Gasteiger partial charge is 0.332 e. The summed E-state index contributed by atoms with van der Waals surface area (Å²) in [5, 5.41) is 9.46. The lowest BCUT2D eigenvalue weighted by molar-refractivity contribution is 0.0733. The minimum Gasteiger partial charge on any atom is -0.332 e. The van der Waals surface area contributed by atoms with Crippen LogP contribution in [0.15, 0.2) is 35.1 Å². The van der Waals surface area contributed by atoms with Crippen LogP contribution in [-0.2, 0) is 13.0 Å². The Morgan fingerprint density at radius 1 is 1.38 bits per heavy atom. The van der Waals surface area contributed by atoms with Crippen LogP contribution in [0.25, 0.3) is 10.2 Å². The van der Waals surface area contributed by atoms with Gasteiger partial charge in [-0.05, 0) is 23.8 Å². The number of aromatic nitrogens is 2.